The molecule has 5 nitrogen and oxygen atoms in total. The summed E-state index contributed by atoms with van der Waals surface area (Å²) in [6.07, 6.45) is 1.64. The van der Waals surface area contributed by atoms with E-state index < -0.39 is 0 Å². The molecule has 2 rings (SSSR count). The summed E-state index contributed by atoms with van der Waals surface area (Å²) in [6.45, 7) is 2.01. The van der Waals surface area contributed by atoms with Crippen LogP contribution in [0, 0.1) is 0 Å². The number of hydrogen-bond donors (Lipinski definition) is 1. The minimum absolute atomic E-state index is 0.0338. The quantitative estimate of drug-likeness (QED) is 0.745. The smallest absolute Gasteiger partial charge is 0.221 e. The fourth-order valence-corrected chi connectivity index (χ4v) is 1.91. The first-order valence-electron chi connectivity index (χ1n) is 6.53. The largest absolute Gasteiger partial charge is 0.475 e. The maximum Gasteiger partial charge on any atom is 0.221 e. The number of aliphatic hydroxyl groups is 1. The van der Waals surface area contributed by atoms with Gasteiger partial charge in [0.15, 0.2) is 0 Å². The van der Waals surface area contributed by atoms with Gasteiger partial charge in [0.1, 0.15) is 6.61 Å². The zero-order chi connectivity index (χ0) is 14.2. The van der Waals surface area contributed by atoms with Crippen LogP contribution in [0.5, 0.6) is 5.88 Å². The van der Waals surface area contributed by atoms with E-state index in [4.69, 9.17) is 14.2 Å². The van der Waals surface area contributed by atoms with Crippen molar-refractivity contribution in [1.29, 1.82) is 0 Å². The molecule has 0 aliphatic heterocycles. The highest BCUT2D eigenvalue weighted by molar-refractivity contribution is 5.89. The number of hydrogen-bond acceptors (Lipinski definition) is 5. The molecule has 1 aromatic carbocycles. The van der Waals surface area contributed by atoms with Crippen molar-refractivity contribution in [3.8, 4) is 5.88 Å². The Bertz CT molecular complexity index is 544. The van der Waals surface area contributed by atoms with Gasteiger partial charge in [0, 0.05) is 24.3 Å². The Labute approximate surface area is 118 Å². The van der Waals surface area contributed by atoms with Crippen LogP contribution in [0.1, 0.15) is 5.56 Å². The normalized spacial score (nSPS) is 10.9. The Morgan fingerprint density at radius 3 is 2.55 bits per heavy atom. The first-order chi connectivity index (χ1) is 9.86. The lowest BCUT2D eigenvalue weighted by Crippen LogP contribution is -2.10. The highest BCUT2D eigenvalue weighted by atomic mass is 16.5. The molecular formula is C15H19NO4. The Balaban J connectivity index is 2.00. The Kier molecular flexibility index (Phi) is 5.73. The molecule has 1 N–H and O–H groups in total. The molecule has 0 unspecified atom stereocenters. The van der Waals surface area contributed by atoms with Gasteiger partial charge in [0.25, 0.3) is 0 Å². The number of rotatable bonds is 8. The third-order valence-corrected chi connectivity index (χ3v) is 2.91. The third-order valence-electron chi connectivity index (χ3n) is 2.91. The molecule has 2 aromatic rings. The van der Waals surface area contributed by atoms with Crippen molar-refractivity contribution >= 4 is 10.8 Å². The monoisotopic (exact) mass is 277 g/mol. The zero-order valence-corrected chi connectivity index (χ0v) is 11.5. The summed E-state index contributed by atoms with van der Waals surface area (Å²) in [5.41, 5.74) is 0.796. The molecule has 0 aliphatic rings. The van der Waals surface area contributed by atoms with Crippen molar-refractivity contribution < 1.29 is 19.3 Å². The van der Waals surface area contributed by atoms with E-state index in [9.17, 15) is 5.11 Å². The first-order valence-corrected chi connectivity index (χ1v) is 6.53. The van der Waals surface area contributed by atoms with Crippen LogP contribution in [-0.4, -0.2) is 43.6 Å². The van der Waals surface area contributed by atoms with E-state index in [-0.39, 0.29) is 6.61 Å². The van der Waals surface area contributed by atoms with Crippen LogP contribution in [0.25, 0.3) is 10.8 Å². The summed E-state index contributed by atoms with van der Waals surface area (Å²) in [4.78, 5) is 4.25. The second-order valence-electron chi connectivity index (χ2n) is 4.25. The number of pyridine rings is 1. The van der Waals surface area contributed by atoms with Crippen molar-refractivity contribution in [3.05, 3.63) is 36.0 Å². The number of ether oxygens (including phenoxy) is 3. The molecule has 0 spiro atoms. The zero-order valence-electron chi connectivity index (χ0n) is 11.5. The van der Waals surface area contributed by atoms with Crippen LogP contribution in [0.15, 0.2) is 30.5 Å². The van der Waals surface area contributed by atoms with Crippen molar-refractivity contribution in [3.63, 3.8) is 0 Å². The maximum atomic E-state index is 9.31. The second kappa shape index (κ2) is 7.79. The van der Waals surface area contributed by atoms with Crippen LogP contribution in [-0.2, 0) is 16.1 Å². The average molecular weight is 277 g/mol. The average Bonchev–Trinajstić information content (AvgIpc) is 2.50. The van der Waals surface area contributed by atoms with Crippen molar-refractivity contribution in [2.75, 3.05) is 33.5 Å². The fraction of sp³-hybridized carbons (Fsp3) is 0.400. The maximum absolute atomic E-state index is 9.31. The van der Waals surface area contributed by atoms with Crippen molar-refractivity contribution in [2.45, 2.75) is 6.61 Å². The van der Waals surface area contributed by atoms with E-state index in [1.807, 2.05) is 24.3 Å². The SMILES string of the molecule is COCCOCCOc1ncc(CO)c2ccccc12. The van der Waals surface area contributed by atoms with Crippen LogP contribution in [0.4, 0.5) is 0 Å². The Morgan fingerprint density at radius 2 is 1.80 bits per heavy atom. The summed E-state index contributed by atoms with van der Waals surface area (Å²) < 4.78 is 15.9. The molecule has 0 fully saturated rings. The molecule has 0 atom stereocenters. The first kappa shape index (κ1) is 14.7. The van der Waals surface area contributed by atoms with E-state index in [0.29, 0.717) is 32.3 Å². The van der Waals surface area contributed by atoms with Gasteiger partial charge < -0.3 is 19.3 Å². The predicted octanol–water partition coefficient (Wildman–Crippen LogP) is 1.77. The minimum Gasteiger partial charge on any atom is -0.475 e. The molecule has 0 saturated carbocycles. The molecule has 5 heteroatoms. The lowest BCUT2D eigenvalue weighted by molar-refractivity contribution is 0.0539. The number of methoxy groups -OCH3 is 1. The second-order valence-corrected chi connectivity index (χ2v) is 4.25. The van der Waals surface area contributed by atoms with Gasteiger partial charge in [-0.2, -0.15) is 0 Å². The molecule has 0 radical (unpaired) electrons. The van der Waals surface area contributed by atoms with E-state index in [1.54, 1.807) is 13.3 Å². The van der Waals surface area contributed by atoms with E-state index in [2.05, 4.69) is 4.98 Å². The molecular weight excluding hydrogens is 258 g/mol. The molecule has 0 bridgehead atoms. The van der Waals surface area contributed by atoms with E-state index >= 15 is 0 Å². The van der Waals surface area contributed by atoms with E-state index in [0.717, 1.165) is 16.3 Å². The molecule has 1 aromatic heterocycles. The van der Waals surface area contributed by atoms with Gasteiger partial charge in [0.2, 0.25) is 5.88 Å². The van der Waals surface area contributed by atoms with Gasteiger partial charge in [0.05, 0.1) is 26.4 Å². The topological polar surface area (TPSA) is 60.8 Å². The Hall–Kier alpha value is -1.69. The third kappa shape index (κ3) is 3.66. The van der Waals surface area contributed by atoms with Crippen molar-refractivity contribution in [2.24, 2.45) is 0 Å². The standard InChI is InChI=1S/C15H19NO4/c1-18-6-7-19-8-9-20-15-14-5-3-2-4-13(14)12(11-17)10-16-15/h2-5,10,17H,6-9,11H2,1H3. The van der Waals surface area contributed by atoms with Gasteiger partial charge in [-0.15, -0.1) is 0 Å². The molecule has 108 valence electrons. The molecule has 0 aliphatic carbocycles. The Morgan fingerprint density at radius 1 is 1.05 bits per heavy atom. The summed E-state index contributed by atoms with van der Waals surface area (Å²) in [6, 6.07) is 7.74. The number of fused-ring (bicyclic) bond motifs is 1. The number of nitrogens with zero attached hydrogens (tertiary/aromatic N) is 1. The lowest BCUT2D eigenvalue weighted by Gasteiger charge is -2.10. The highest BCUT2D eigenvalue weighted by Crippen LogP contribution is 2.25. The van der Waals surface area contributed by atoms with Crippen LogP contribution in [0.2, 0.25) is 0 Å². The van der Waals surface area contributed by atoms with E-state index in [1.165, 1.54) is 0 Å². The highest BCUT2D eigenvalue weighted by Gasteiger charge is 2.07. The summed E-state index contributed by atoms with van der Waals surface area (Å²) in [7, 11) is 1.64. The number of aliphatic hydroxyl groups excluding tert-OH is 1. The van der Waals surface area contributed by atoms with Gasteiger partial charge in [-0.25, -0.2) is 4.98 Å². The van der Waals surface area contributed by atoms with Crippen LogP contribution < -0.4 is 4.74 Å². The number of benzene rings is 1. The van der Waals surface area contributed by atoms with Gasteiger partial charge in [-0.05, 0) is 11.5 Å². The lowest BCUT2D eigenvalue weighted by atomic mass is 10.1. The molecule has 20 heavy (non-hydrogen) atoms. The van der Waals surface area contributed by atoms with Gasteiger partial charge in [-0.3, -0.25) is 0 Å². The number of aromatic nitrogens is 1. The molecule has 0 amide bonds. The summed E-state index contributed by atoms with van der Waals surface area (Å²) in [5, 5.41) is 11.2. The summed E-state index contributed by atoms with van der Waals surface area (Å²) >= 11 is 0. The summed E-state index contributed by atoms with van der Waals surface area (Å²) in [5.74, 6) is 0.563. The van der Waals surface area contributed by atoms with Crippen LogP contribution >= 0.6 is 0 Å². The van der Waals surface area contributed by atoms with Gasteiger partial charge >= 0.3 is 0 Å². The minimum atomic E-state index is -0.0338. The molecule has 0 saturated heterocycles. The van der Waals surface area contributed by atoms with Gasteiger partial charge in [-0.1, -0.05) is 18.2 Å². The van der Waals surface area contributed by atoms with Crippen LogP contribution in [0.3, 0.4) is 0 Å². The predicted molar refractivity (Wildman–Crippen MR) is 75.9 cm³/mol. The molecule has 1 heterocycles. The van der Waals surface area contributed by atoms with Crippen molar-refractivity contribution in [1.82, 2.24) is 4.98 Å². The fourth-order valence-electron chi connectivity index (χ4n) is 1.91.